The molecular formula is C16H16FNO2S. The molecule has 110 valence electrons. The molecule has 0 unspecified atom stereocenters. The van der Waals surface area contributed by atoms with Gasteiger partial charge in [-0.2, -0.15) is 0 Å². The zero-order valence-corrected chi connectivity index (χ0v) is 12.8. The average molecular weight is 305 g/mol. The van der Waals surface area contributed by atoms with Crippen LogP contribution in [0.15, 0.2) is 18.2 Å². The number of hydrogen-bond donors (Lipinski definition) is 1. The first-order chi connectivity index (χ1) is 9.95. The highest BCUT2D eigenvalue weighted by Crippen LogP contribution is 2.37. The second-order valence-electron chi connectivity index (χ2n) is 5.37. The Morgan fingerprint density at radius 3 is 2.81 bits per heavy atom. The van der Waals surface area contributed by atoms with E-state index in [1.54, 1.807) is 31.3 Å². The molecule has 1 amide bonds. The van der Waals surface area contributed by atoms with Crippen molar-refractivity contribution in [2.45, 2.75) is 26.8 Å². The molecule has 3 nitrogen and oxygen atoms in total. The van der Waals surface area contributed by atoms with Crippen LogP contribution in [0.4, 0.5) is 4.39 Å². The molecule has 1 aromatic heterocycles. The summed E-state index contributed by atoms with van der Waals surface area (Å²) in [6, 6.07) is 5.18. The normalized spacial score (nSPS) is 14.1. The van der Waals surface area contributed by atoms with E-state index in [-0.39, 0.29) is 11.7 Å². The summed E-state index contributed by atoms with van der Waals surface area (Å²) in [4.78, 5) is 15.5. The number of carbonyl (C=O) groups excluding carboxylic acids is 1. The molecule has 1 aromatic carbocycles. The van der Waals surface area contributed by atoms with Crippen molar-refractivity contribution >= 4 is 17.2 Å². The van der Waals surface area contributed by atoms with Crippen molar-refractivity contribution in [1.82, 2.24) is 4.90 Å². The van der Waals surface area contributed by atoms with Crippen molar-refractivity contribution in [3.8, 4) is 16.2 Å². The van der Waals surface area contributed by atoms with E-state index in [2.05, 4.69) is 0 Å². The molecule has 1 aliphatic heterocycles. The van der Waals surface area contributed by atoms with Gasteiger partial charge in [-0.25, -0.2) is 4.39 Å². The number of hydrogen-bond acceptors (Lipinski definition) is 3. The van der Waals surface area contributed by atoms with Crippen molar-refractivity contribution < 1.29 is 14.3 Å². The van der Waals surface area contributed by atoms with Crippen LogP contribution in [-0.4, -0.2) is 22.5 Å². The SMILES string of the molecule is CC(=O)N1CCc2sc(-c3cc(C)c(O)c(F)c3)cc2C1. The number of amides is 1. The number of halogens is 1. The Morgan fingerprint density at radius 1 is 1.38 bits per heavy atom. The Bertz CT molecular complexity index is 700. The number of nitrogens with zero attached hydrogens (tertiary/aromatic N) is 1. The van der Waals surface area contributed by atoms with Gasteiger partial charge < -0.3 is 10.0 Å². The molecular weight excluding hydrogens is 289 g/mol. The molecule has 0 radical (unpaired) electrons. The number of fused-ring (bicyclic) bond motifs is 1. The summed E-state index contributed by atoms with van der Waals surface area (Å²) in [5.74, 6) is -0.801. The van der Waals surface area contributed by atoms with Gasteiger partial charge in [0.25, 0.3) is 0 Å². The van der Waals surface area contributed by atoms with Gasteiger partial charge in [-0.05, 0) is 48.2 Å². The predicted molar refractivity (Wildman–Crippen MR) is 80.9 cm³/mol. The predicted octanol–water partition coefficient (Wildman–Crippen LogP) is 3.47. The molecule has 3 rings (SSSR count). The van der Waals surface area contributed by atoms with Crippen LogP contribution in [0.5, 0.6) is 5.75 Å². The van der Waals surface area contributed by atoms with E-state index in [1.807, 2.05) is 11.0 Å². The van der Waals surface area contributed by atoms with Gasteiger partial charge in [0.1, 0.15) is 0 Å². The number of benzene rings is 1. The summed E-state index contributed by atoms with van der Waals surface area (Å²) in [5.41, 5.74) is 2.45. The molecule has 2 aromatic rings. The summed E-state index contributed by atoms with van der Waals surface area (Å²) in [5, 5.41) is 9.52. The van der Waals surface area contributed by atoms with Gasteiger partial charge in [-0.3, -0.25) is 4.79 Å². The molecule has 5 heteroatoms. The van der Waals surface area contributed by atoms with E-state index in [1.165, 1.54) is 10.9 Å². The molecule has 2 heterocycles. The lowest BCUT2D eigenvalue weighted by Crippen LogP contribution is -2.33. The van der Waals surface area contributed by atoms with Crippen molar-refractivity contribution in [3.63, 3.8) is 0 Å². The minimum Gasteiger partial charge on any atom is -0.505 e. The van der Waals surface area contributed by atoms with Crippen molar-refractivity contribution in [2.75, 3.05) is 6.54 Å². The maximum atomic E-state index is 13.7. The third-order valence-electron chi connectivity index (χ3n) is 3.85. The molecule has 0 bridgehead atoms. The van der Waals surface area contributed by atoms with Gasteiger partial charge in [0.05, 0.1) is 0 Å². The number of thiophene rings is 1. The van der Waals surface area contributed by atoms with Crippen molar-refractivity contribution in [3.05, 3.63) is 40.0 Å². The molecule has 0 fully saturated rings. The molecule has 0 saturated heterocycles. The maximum Gasteiger partial charge on any atom is 0.219 e. The first kappa shape index (κ1) is 14.1. The van der Waals surface area contributed by atoms with Crippen LogP contribution in [0.3, 0.4) is 0 Å². The summed E-state index contributed by atoms with van der Waals surface area (Å²) in [7, 11) is 0. The van der Waals surface area contributed by atoms with Crippen LogP contribution in [0.2, 0.25) is 0 Å². The Labute approximate surface area is 126 Å². The Balaban J connectivity index is 1.97. The second-order valence-corrected chi connectivity index (χ2v) is 6.51. The van der Waals surface area contributed by atoms with E-state index in [9.17, 15) is 14.3 Å². The first-order valence-electron chi connectivity index (χ1n) is 6.82. The van der Waals surface area contributed by atoms with Gasteiger partial charge in [-0.1, -0.05) is 0 Å². The van der Waals surface area contributed by atoms with E-state index in [0.29, 0.717) is 12.1 Å². The third kappa shape index (κ3) is 2.53. The summed E-state index contributed by atoms with van der Waals surface area (Å²) < 4.78 is 13.7. The molecule has 1 N–H and O–H groups in total. The van der Waals surface area contributed by atoms with E-state index >= 15 is 0 Å². The van der Waals surface area contributed by atoms with Gasteiger partial charge >= 0.3 is 0 Å². The summed E-state index contributed by atoms with van der Waals surface area (Å²) in [6.45, 7) is 4.63. The molecule has 0 aliphatic carbocycles. The minimum atomic E-state index is -0.596. The summed E-state index contributed by atoms with van der Waals surface area (Å²) in [6.07, 6.45) is 0.846. The molecule has 0 spiro atoms. The van der Waals surface area contributed by atoms with Crippen molar-refractivity contribution in [2.24, 2.45) is 0 Å². The monoisotopic (exact) mass is 305 g/mol. The standard InChI is InChI=1S/C16H16FNO2S/c1-9-5-11(6-13(17)16(9)20)15-7-12-8-18(10(2)19)4-3-14(12)21-15/h5-7,20H,3-4,8H2,1-2H3. The Morgan fingerprint density at radius 2 is 2.14 bits per heavy atom. The van der Waals surface area contributed by atoms with E-state index < -0.39 is 5.82 Å². The minimum absolute atomic E-state index is 0.0833. The fraction of sp³-hybridized carbons (Fsp3) is 0.312. The number of phenols is 1. The fourth-order valence-corrected chi connectivity index (χ4v) is 3.77. The number of aryl methyl sites for hydroxylation is 1. The lowest BCUT2D eigenvalue weighted by molar-refractivity contribution is -0.129. The van der Waals surface area contributed by atoms with Crippen molar-refractivity contribution in [1.29, 1.82) is 0 Å². The van der Waals surface area contributed by atoms with Gasteiger partial charge in [-0.15, -0.1) is 11.3 Å². The van der Waals surface area contributed by atoms with Gasteiger partial charge in [0.2, 0.25) is 5.91 Å². The highest BCUT2D eigenvalue weighted by Gasteiger charge is 2.21. The number of aromatic hydroxyl groups is 1. The zero-order chi connectivity index (χ0) is 15.1. The molecule has 0 atom stereocenters. The third-order valence-corrected chi connectivity index (χ3v) is 5.14. The zero-order valence-electron chi connectivity index (χ0n) is 11.9. The first-order valence-corrected chi connectivity index (χ1v) is 7.64. The number of phenolic OH excluding ortho intramolecular Hbond substituents is 1. The highest BCUT2D eigenvalue weighted by atomic mass is 32.1. The van der Waals surface area contributed by atoms with Gasteiger partial charge in [0, 0.05) is 29.8 Å². The topological polar surface area (TPSA) is 40.5 Å². The van der Waals surface area contributed by atoms with Crippen LogP contribution >= 0.6 is 11.3 Å². The van der Waals surface area contributed by atoms with Crippen LogP contribution in [-0.2, 0) is 17.8 Å². The number of rotatable bonds is 1. The van der Waals surface area contributed by atoms with Crippen LogP contribution < -0.4 is 0 Å². The lowest BCUT2D eigenvalue weighted by Gasteiger charge is -2.25. The Hall–Kier alpha value is -1.88. The molecule has 0 saturated carbocycles. The Kier molecular flexibility index (Phi) is 3.45. The van der Waals surface area contributed by atoms with E-state index in [4.69, 9.17) is 0 Å². The fourth-order valence-electron chi connectivity index (χ4n) is 2.62. The average Bonchev–Trinajstić information content (AvgIpc) is 2.86. The number of carbonyl (C=O) groups is 1. The molecule has 21 heavy (non-hydrogen) atoms. The van der Waals surface area contributed by atoms with Crippen LogP contribution in [0.25, 0.3) is 10.4 Å². The second kappa shape index (κ2) is 5.15. The van der Waals surface area contributed by atoms with Crippen LogP contribution in [0.1, 0.15) is 22.9 Å². The summed E-state index contributed by atoms with van der Waals surface area (Å²) >= 11 is 1.64. The lowest BCUT2D eigenvalue weighted by atomic mass is 10.1. The van der Waals surface area contributed by atoms with E-state index in [0.717, 1.165) is 29.0 Å². The maximum absolute atomic E-state index is 13.7. The smallest absolute Gasteiger partial charge is 0.219 e. The highest BCUT2D eigenvalue weighted by molar-refractivity contribution is 7.15. The quantitative estimate of drug-likeness (QED) is 0.876. The van der Waals surface area contributed by atoms with Gasteiger partial charge in [0.15, 0.2) is 11.6 Å². The van der Waals surface area contributed by atoms with Crippen LogP contribution in [0, 0.1) is 12.7 Å². The molecule has 1 aliphatic rings. The largest absolute Gasteiger partial charge is 0.505 e.